The highest BCUT2D eigenvalue weighted by molar-refractivity contribution is 9.11. The number of halogens is 1. The third kappa shape index (κ3) is 4.26. The Morgan fingerprint density at radius 1 is 1.63 bits per heavy atom. The summed E-state index contributed by atoms with van der Waals surface area (Å²) in [6.45, 7) is 1.14. The molecule has 0 aliphatic carbocycles. The van der Waals surface area contributed by atoms with Crippen molar-refractivity contribution in [3.8, 4) is 0 Å². The van der Waals surface area contributed by atoms with E-state index in [-0.39, 0.29) is 5.92 Å². The molecule has 2 rings (SSSR count). The number of piperidine rings is 1. The van der Waals surface area contributed by atoms with E-state index in [2.05, 4.69) is 15.9 Å². The van der Waals surface area contributed by atoms with E-state index in [1.165, 1.54) is 10.6 Å². The summed E-state index contributed by atoms with van der Waals surface area (Å²) in [5.41, 5.74) is 0.911. The molecular formula is C12H18BrNO3S2. The van der Waals surface area contributed by atoms with Gasteiger partial charge in [-0.3, -0.25) is 0 Å². The van der Waals surface area contributed by atoms with Gasteiger partial charge in [-0.05, 0) is 58.1 Å². The van der Waals surface area contributed by atoms with Crippen LogP contribution in [-0.4, -0.2) is 37.2 Å². The van der Waals surface area contributed by atoms with Crippen LogP contribution in [0.2, 0.25) is 0 Å². The van der Waals surface area contributed by atoms with E-state index in [1.807, 2.05) is 11.4 Å². The number of hydrogen-bond acceptors (Lipinski definition) is 4. The molecule has 0 aromatic carbocycles. The van der Waals surface area contributed by atoms with E-state index in [1.54, 1.807) is 11.3 Å². The van der Waals surface area contributed by atoms with E-state index >= 15 is 0 Å². The number of rotatable bonds is 4. The van der Waals surface area contributed by atoms with Crippen molar-refractivity contribution in [2.24, 2.45) is 5.92 Å². The number of sulfonamides is 1. The maximum atomic E-state index is 11.5. The molecule has 0 spiro atoms. The summed E-state index contributed by atoms with van der Waals surface area (Å²) in [6.07, 6.45) is 3.22. The number of nitrogens with zero attached hydrogens (tertiary/aromatic N) is 1. The average Bonchev–Trinajstić information content (AvgIpc) is 2.75. The van der Waals surface area contributed by atoms with Crippen molar-refractivity contribution in [2.45, 2.75) is 25.4 Å². The second kappa shape index (κ2) is 6.22. The number of hydrogen-bond donors (Lipinski definition) is 1. The normalized spacial score (nSPS) is 23.4. The van der Waals surface area contributed by atoms with Crippen LogP contribution >= 0.6 is 27.3 Å². The lowest BCUT2D eigenvalue weighted by Gasteiger charge is -2.31. The van der Waals surface area contributed by atoms with Gasteiger partial charge in [-0.2, -0.15) is 0 Å². The Hall–Kier alpha value is 0.0500. The van der Waals surface area contributed by atoms with Crippen LogP contribution in [0.15, 0.2) is 15.2 Å². The van der Waals surface area contributed by atoms with Crippen molar-refractivity contribution >= 4 is 37.3 Å². The van der Waals surface area contributed by atoms with Crippen LogP contribution in [0, 0.1) is 5.92 Å². The van der Waals surface area contributed by atoms with Crippen molar-refractivity contribution in [1.29, 1.82) is 0 Å². The third-order valence-electron chi connectivity index (χ3n) is 3.48. The first-order chi connectivity index (χ1) is 8.86. The molecule has 1 aromatic rings. The van der Waals surface area contributed by atoms with Crippen molar-refractivity contribution < 1.29 is 13.5 Å². The topological polar surface area (TPSA) is 57.6 Å². The lowest BCUT2D eigenvalue weighted by atomic mass is 9.92. The van der Waals surface area contributed by atoms with E-state index < -0.39 is 16.1 Å². The first-order valence-corrected chi connectivity index (χ1v) is 9.75. The summed E-state index contributed by atoms with van der Waals surface area (Å²) < 4.78 is 25.6. The van der Waals surface area contributed by atoms with Crippen LogP contribution in [0.4, 0.5) is 0 Å². The maximum absolute atomic E-state index is 11.5. The molecule has 108 valence electrons. The van der Waals surface area contributed by atoms with Gasteiger partial charge < -0.3 is 5.11 Å². The van der Waals surface area contributed by atoms with E-state index in [4.69, 9.17) is 0 Å². The highest BCUT2D eigenvalue weighted by Crippen LogP contribution is 2.31. The van der Waals surface area contributed by atoms with Gasteiger partial charge in [-0.15, -0.1) is 11.3 Å². The fourth-order valence-corrected chi connectivity index (χ4v) is 4.64. The Morgan fingerprint density at radius 3 is 2.95 bits per heavy atom. The summed E-state index contributed by atoms with van der Waals surface area (Å²) in [5, 5.41) is 12.1. The zero-order valence-corrected chi connectivity index (χ0v) is 14.0. The largest absolute Gasteiger partial charge is 0.388 e. The zero-order chi connectivity index (χ0) is 14.0. The summed E-state index contributed by atoms with van der Waals surface area (Å²) in [7, 11) is -3.11. The van der Waals surface area contributed by atoms with E-state index in [0.29, 0.717) is 19.5 Å². The van der Waals surface area contributed by atoms with Gasteiger partial charge in [-0.1, -0.05) is 0 Å². The Bertz CT molecular complexity index is 529. The molecule has 1 aromatic heterocycles. The Kier molecular flexibility index (Phi) is 5.05. The van der Waals surface area contributed by atoms with Crippen molar-refractivity contribution in [3.05, 3.63) is 20.8 Å². The molecule has 1 N–H and O–H groups in total. The van der Waals surface area contributed by atoms with Gasteiger partial charge in [0.25, 0.3) is 0 Å². The molecule has 1 aliphatic rings. The minimum Gasteiger partial charge on any atom is -0.388 e. The molecule has 4 nitrogen and oxygen atoms in total. The summed E-state index contributed by atoms with van der Waals surface area (Å²) in [4.78, 5) is 0. The predicted molar refractivity (Wildman–Crippen MR) is 80.7 cm³/mol. The molecule has 0 amide bonds. The van der Waals surface area contributed by atoms with E-state index in [9.17, 15) is 13.5 Å². The summed E-state index contributed by atoms with van der Waals surface area (Å²) >= 11 is 4.93. The molecular weight excluding hydrogens is 350 g/mol. The highest BCUT2D eigenvalue weighted by atomic mass is 79.9. The molecule has 2 unspecified atom stereocenters. The minimum absolute atomic E-state index is 0.233. The molecule has 0 bridgehead atoms. The van der Waals surface area contributed by atoms with Crippen LogP contribution in [0.1, 0.15) is 30.9 Å². The monoisotopic (exact) mass is 367 g/mol. The van der Waals surface area contributed by atoms with Crippen LogP contribution in [0.3, 0.4) is 0 Å². The first kappa shape index (κ1) is 15.4. The molecule has 19 heavy (non-hydrogen) atoms. The van der Waals surface area contributed by atoms with Crippen LogP contribution < -0.4 is 0 Å². The molecule has 0 radical (unpaired) electrons. The van der Waals surface area contributed by atoms with Crippen molar-refractivity contribution in [1.82, 2.24) is 4.31 Å². The maximum Gasteiger partial charge on any atom is 0.211 e. The van der Waals surface area contributed by atoms with Gasteiger partial charge in [-0.25, -0.2) is 12.7 Å². The van der Waals surface area contributed by atoms with E-state index in [0.717, 1.165) is 22.2 Å². The number of aliphatic hydroxyl groups is 1. The number of thiophene rings is 1. The zero-order valence-electron chi connectivity index (χ0n) is 10.8. The summed E-state index contributed by atoms with van der Waals surface area (Å²) in [6, 6.07) is 1.92. The highest BCUT2D eigenvalue weighted by Gasteiger charge is 2.27. The predicted octanol–water partition coefficient (Wildman–Crippen LogP) is 2.61. The minimum atomic E-state index is -3.11. The molecule has 2 heterocycles. The number of aliphatic hydroxyl groups excluding tert-OH is 1. The standard InChI is InChI=1S/C12H18BrNO3S2/c1-19(16,17)14-4-2-3-9(7-14)5-11(15)10-6-12(13)18-8-10/h6,8-9,11,15H,2-5,7H2,1H3. The second-order valence-electron chi connectivity index (χ2n) is 5.06. The lowest BCUT2D eigenvalue weighted by molar-refractivity contribution is 0.123. The smallest absolute Gasteiger partial charge is 0.211 e. The van der Waals surface area contributed by atoms with Gasteiger partial charge in [0.1, 0.15) is 0 Å². The fourth-order valence-electron chi connectivity index (χ4n) is 2.47. The average molecular weight is 368 g/mol. The van der Waals surface area contributed by atoms with Gasteiger partial charge in [0.15, 0.2) is 0 Å². The van der Waals surface area contributed by atoms with Gasteiger partial charge >= 0.3 is 0 Å². The van der Waals surface area contributed by atoms with Gasteiger partial charge in [0, 0.05) is 13.1 Å². The van der Waals surface area contributed by atoms with Crippen molar-refractivity contribution in [3.63, 3.8) is 0 Å². The third-order valence-corrected chi connectivity index (χ3v) is 6.27. The lowest BCUT2D eigenvalue weighted by Crippen LogP contribution is -2.39. The van der Waals surface area contributed by atoms with Gasteiger partial charge in [0.05, 0.1) is 16.1 Å². The Labute approximate surface area is 126 Å². The Balaban J connectivity index is 1.95. The molecule has 7 heteroatoms. The molecule has 1 saturated heterocycles. The molecule has 1 aliphatic heterocycles. The molecule has 2 atom stereocenters. The van der Waals surface area contributed by atoms with Crippen LogP contribution in [-0.2, 0) is 10.0 Å². The van der Waals surface area contributed by atoms with Crippen LogP contribution in [0.5, 0.6) is 0 Å². The van der Waals surface area contributed by atoms with Crippen LogP contribution in [0.25, 0.3) is 0 Å². The SMILES string of the molecule is CS(=O)(=O)N1CCCC(CC(O)c2csc(Br)c2)C1. The quantitative estimate of drug-likeness (QED) is 0.889. The fraction of sp³-hybridized carbons (Fsp3) is 0.667. The molecule has 0 saturated carbocycles. The Morgan fingerprint density at radius 2 is 2.37 bits per heavy atom. The van der Waals surface area contributed by atoms with Gasteiger partial charge in [0.2, 0.25) is 10.0 Å². The summed E-state index contributed by atoms with van der Waals surface area (Å²) in [5.74, 6) is 0.233. The molecule has 1 fully saturated rings. The second-order valence-corrected chi connectivity index (χ2v) is 9.34. The first-order valence-electron chi connectivity index (χ1n) is 6.23. The van der Waals surface area contributed by atoms with Crippen molar-refractivity contribution in [2.75, 3.05) is 19.3 Å².